The Kier molecular flexibility index (Phi) is 8.46. The minimum absolute atomic E-state index is 0.122. The normalized spacial score (nSPS) is 16.1. The lowest BCUT2D eigenvalue weighted by Gasteiger charge is -2.35. The minimum Gasteiger partial charge on any atom is -0.456 e. The van der Waals surface area contributed by atoms with Gasteiger partial charge in [0.05, 0.1) is 0 Å². The zero-order valence-corrected chi connectivity index (χ0v) is 35.8. The van der Waals surface area contributed by atoms with E-state index in [0.717, 1.165) is 50.6 Å². The summed E-state index contributed by atoms with van der Waals surface area (Å²) >= 11 is 0. The van der Waals surface area contributed by atoms with E-state index in [-0.39, 0.29) is 11.3 Å². The summed E-state index contributed by atoms with van der Waals surface area (Å²) in [7, 11) is 0. The van der Waals surface area contributed by atoms with Gasteiger partial charge in [-0.15, -0.1) is 0 Å². The van der Waals surface area contributed by atoms with Crippen LogP contribution in [0.2, 0.25) is 0 Å². The van der Waals surface area contributed by atoms with E-state index in [4.69, 9.17) is 19.4 Å². The molecular formula is C60H45N3O. The molecule has 2 atom stereocenters. The van der Waals surface area contributed by atoms with Gasteiger partial charge in [-0.2, -0.15) is 0 Å². The first-order valence-electron chi connectivity index (χ1n) is 22.9. The molecule has 0 aliphatic heterocycles. The maximum absolute atomic E-state index is 6.34. The van der Waals surface area contributed by atoms with Crippen LogP contribution in [-0.2, 0) is 11.8 Å². The summed E-state index contributed by atoms with van der Waals surface area (Å²) in [5.74, 6) is 2.43. The summed E-state index contributed by atoms with van der Waals surface area (Å²) in [6.07, 6.45) is 6.03. The molecule has 10 aromatic rings. The van der Waals surface area contributed by atoms with Crippen LogP contribution < -0.4 is 0 Å². The lowest BCUT2D eigenvalue weighted by Crippen LogP contribution is -2.22. The molecule has 13 rings (SSSR count). The van der Waals surface area contributed by atoms with Crippen LogP contribution in [0, 0.1) is 0 Å². The van der Waals surface area contributed by atoms with Gasteiger partial charge in [0.1, 0.15) is 11.2 Å². The third-order valence-corrected chi connectivity index (χ3v) is 14.8. The third-order valence-electron chi connectivity index (χ3n) is 14.8. The number of aromatic nitrogens is 3. The average molecular weight is 824 g/mol. The average Bonchev–Trinajstić information content (AvgIpc) is 4.08. The molecule has 306 valence electrons. The molecule has 8 aromatic carbocycles. The fourth-order valence-electron chi connectivity index (χ4n) is 11.6. The molecule has 0 bridgehead atoms. The number of benzene rings is 8. The molecule has 64 heavy (non-hydrogen) atoms. The van der Waals surface area contributed by atoms with E-state index in [1.54, 1.807) is 5.56 Å². The number of rotatable bonds is 6. The van der Waals surface area contributed by atoms with Crippen LogP contribution in [0.1, 0.15) is 72.3 Å². The lowest BCUT2D eigenvalue weighted by molar-refractivity contribution is 0.541. The second-order valence-corrected chi connectivity index (χ2v) is 18.3. The first-order valence-corrected chi connectivity index (χ1v) is 22.9. The van der Waals surface area contributed by atoms with Crippen LogP contribution in [0.4, 0.5) is 0 Å². The van der Waals surface area contributed by atoms with Crippen molar-refractivity contribution in [1.29, 1.82) is 0 Å². The minimum atomic E-state index is 0.122. The quantitative estimate of drug-likeness (QED) is 0.168. The fraction of sp³-hybridized carbons (Fsp3) is 0.150. The Labute approximate surface area is 373 Å². The van der Waals surface area contributed by atoms with Gasteiger partial charge in [-0.3, -0.25) is 0 Å². The molecule has 0 N–H and O–H groups in total. The third kappa shape index (κ3) is 5.85. The Bertz CT molecular complexity index is 3450. The maximum Gasteiger partial charge on any atom is 0.164 e. The van der Waals surface area contributed by atoms with Crippen LogP contribution in [-0.4, -0.2) is 15.0 Å². The summed E-state index contributed by atoms with van der Waals surface area (Å²) in [5.41, 5.74) is 19.9. The zero-order valence-electron chi connectivity index (χ0n) is 35.8. The van der Waals surface area contributed by atoms with Gasteiger partial charge in [0.25, 0.3) is 0 Å². The zero-order chi connectivity index (χ0) is 42.4. The second kappa shape index (κ2) is 14.6. The number of hydrogen-bond acceptors (Lipinski definition) is 4. The second-order valence-electron chi connectivity index (χ2n) is 18.3. The molecule has 0 saturated heterocycles. The van der Waals surface area contributed by atoms with Crippen LogP contribution in [0.25, 0.3) is 89.5 Å². The predicted octanol–water partition coefficient (Wildman–Crippen LogP) is 15.4. The van der Waals surface area contributed by atoms with Crippen molar-refractivity contribution in [2.75, 3.05) is 0 Å². The Morgan fingerprint density at radius 1 is 0.469 bits per heavy atom. The molecule has 0 amide bonds. The van der Waals surface area contributed by atoms with Crippen molar-refractivity contribution in [1.82, 2.24) is 15.0 Å². The van der Waals surface area contributed by atoms with Crippen molar-refractivity contribution in [3.63, 3.8) is 0 Å². The van der Waals surface area contributed by atoms with Gasteiger partial charge in [0.15, 0.2) is 17.5 Å². The van der Waals surface area contributed by atoms with Crippen molar-refractivity contribution in [3.8, 4) is 67.5 Å². The largest absolute Gasteiger partial charge is 0.456 e. The Balaban J connectivity index is 0.920. The monoisotopic (exact) mass is 823 g/mol. The van der Waals surface area contributed by atoms with Crippen molar-refractivity contribution in [2.45, 2.75) is 56.3 Å². The number of hydrogen-bond donors (Lipinski definition) is 0. The molecule has 4 nitrogen and oxygen atoms in total. The van der Waals surface area contributed by atoms with E-state index < -0.39 is 0 Å². The van der Waals surface area contributed by atoms with E-state index in [1.807, 2.05) is 18.2 Å². The van der Waals surface area contributed by atoms with E-state index in [0.29, 0.717) is 23.4 Å². The summed E-state index contributed by atoms with van der Waals surface area (Å²) in [5, 5.41) is 2.17. The van der Waals surface area contributed by atoms with Gasteiger partial charge in [-0.1, -0.05) is 171 Å². The fourth-order valence-corrected chi connectivity index (χ4v) is 11.6. The molecular weight excluding hydrogens is 779 g/mol. The lowest BCUT2D eigenvalue weighted by atomic mass is 9.69. The summed E-state index contributed by atoms with van der Waals surface area (Å²) in [4.78, 5) is 15.6. The van der Waals surface area contributed by atoms with Crippen molar-refractivity contribution < 1.29 is 4.42 Å². The predicted molar refractivity (Wildman–Crippen MR) is 260 cm³/mol. The van der Waals surface area contributed by atoms with Crippen molar-refractivity contribution in [2.24, 2.45) is 0 Å². The number of nitrogens with zero attached hydrogens (tertiary/aromatic N) is 3. The highest BCUT2D eigenvalue weighted by molar-refractivity contribution is 6.05. The number of fused-ring (bicyclic) bond motifs is 11. The Morgan fingerprint density at radius 2 is 1.09 bits per heavy atom. The van der Waals surface area contributed by atoms with Crippen LogP contribution in [0.5, 0.6) is 0 Å². The molecule has 2 aromatic heterocycles. The molecule has 3 aliphatic carbocycles. The van der Waals surface area contributed by atoms with Crippen LogP contribution in [0.3, 0.4) is 0 Å². The van der Waals surface area contributed by atoms with Gasteiger partial charge < -0.3 is 4.42 Å². The molecule has 1 spiro atoms. The molecule has 0 radical (unpaired) electrons. The number of furan rings is 1. The molecule has 4 heteroatoms. The Hall–Kier alpha value is -7.43. The topological polar surface area (TPSA) is 51.8 Å². The molecule has 3 aliphatic rings. The smallest absolute Gasteiger partial charge is 0.164 e. The molecule has 1 fully saturated rings. The SMILES string of the molecule is CC(c1cccc(-c2nc(-c3ccc(-c4ccccc4)cc3)nc(-c3ccc4c(c3)oc3ccccc34)n2)c1)C1Cc2ccccc2-c2cc3c(cc21)C1(CCCC1)c1ccccc1-3. The molecule has 2 heterocycles. The standard InChI is InChI=1S/C60H45N3O/c1-37(49-33-42-16-5-6-19-45(42)50-35-52-46-20-7-9-22-53(46)60(30-11-12-31-60)54(52)36-51(49)50)41-17-13-18-43(32-41)58-61-57(40-26-24-39(25-27-40)38-14-3-2-4-15-38)62-59(63-58)44-28-29-48-47-21-8-10-23-55(47)64-56(48)34-44/h2-10,13-29,32,34-37,49H,11-12,30-31,33H2,1H3. The molecule has 2 unspecified atom stereocenters. The summed E-state index contributed by atoms with van der Waals surface area (Å²) < 4.78 is 6.34. The van der Waals surface area contributed by atoms with Gasteiger partial charge in [-0.05, 0) is 123 Å². The van der Waals surface area contributed by atoms with Gasteiger partial charge in [-0.25, -0.2) is 15.0 Å². The van der Waals surface area contributed by atoms with E-state index in [1.165, 1.54) is 75.8 Å². The molecule has 1 saturated carbocycles. The highest BCUT2D eigenvalue weighted by Crippen LogP contribution is 2.59. The van der Waals surface area contributed by atoms with E-state index in [2.05, 4.69) is 171 Å². The van der Waals surface area contributed by atoms with Gasteiger partial charge in [0, 0.05) is 32.9 Å². The number of para-hydroxylation sites is 1. The van der Waals surface area contributed by atoms with Crippen molar-refractivity contribution in [3.05, 3.63) is 210 Å². The van der Waals surface area contributed by atoms with Crippen molar-refractivity contribution >= 4 is 21.9 Å². The van der Waals surface area contributed by atoms with Gasteiger partial charge >= 0.3 is 0 Å². The van der Waals surface area contributed by atoms with E-state index in [9.17, 15) is 0 Å². The van der Waals surface area contributed by atoms with Gasteiger partial charge in [0.2, 0.25) is 0 Å². The first kappa shape index (κ1) is 37.2. The van der Waals surface area contributed by atoms with Crippen LogP contribution >= 0.6 is 0 Å². The highest BCUT2D eigenvalue weighted by Gasteiger charge is 2.46. The summed E-state index contributed by atoms with van der Waals surface area (Å²) in [6, 6.07) is 66.0. The van der Waals surface area contributed by atoms with Crippen LogP contribution in [0.15, 0.2) is 186 Å². The first-order chi connectivity index (χ1) is 31.6. The summed E-state index contributed by atoms with van der Waals surface area (Å²) in [6.45, 7) is 2.43. The maximum atomic E-state index is 6.34. The Morgan fingerprint density at radius 3 is 1.92 bits per heavy atom. The van der Waals surface area contributed by atoms with E-state index >= 15 is 0 Å². The highest BCUT2D eigenvalue weighted by atomic mass is 16.3.